The molecule has 116 valence electrons. The van der Waals surface area contributed by atoms with E-state index in [2.05, 4.69) is 5.32 Å². The van der Waals surface area contributed by atoms with E-state index in [0.29, 0.717) is 12.3 Å². The molecule has 1 fully saturated rings. The molecule has 1 saturated heterocycles. The predicted molar refractivity (Wildman–Crippen MR) is 84.5 cm³/mol. The highest BCUT2D eigenvalue weighted by Crippen LogP contribution is 2.22. The first kappa shape index (κ1) is 15.8. The molecule has 4 nitrogen and oxygen atoms in total. The van der Waals surface area contributed by atoms with Crippen molar-refractivity contribution in [1.29, 1.82) is 0 Å². The summed E-state index contributed by atoms with van der Waals surface area (Å²) < 4.78 is 5.79. The first-order chi connectivity index (χ1) is 10.1. The SMILES string of the molecule is CNC[C@H]1CCN(C(=O)Cc2ccccc2OC(C)C)C1. The molecule has 1 atom stereocenters. The minimum absolute atomic E-state index is 0.119. The van der Waals surface area contributed by atoms with Gasteiger partial charge in [-0.1, -0.05) is 18.2 Å². The highest BCUT2D eigenvalue weighted by Gasteiger charge is 2.26. The van der Waals surface area contributed by atoms with Crippen LogP contribution in [0.5, 0.6) is 5.75 Å². The molecule has 2 rings (SSSR count). The van der Waals surface area contributed by atoms with Crippen molar-refractivity contribution >= 4 is 5.91 Å². The molecule has 1 N–H and O–H groups in total. The fourth-order valence-electron chi connectivity index (χ4n) is 2.81. The van der Waals surface area contributed by atoms with Crippen LogP contribution in [0.15, 0.2) is 24.3 Å². The maximum atomic E-state index is 12.5. The average Bonchev–Trinajstić information content (AvgIpc) is 2.89. The lowest BCUT2D eigenvalue weighted by Crippen LogP contribution is -2.31. The standard InChI is InChI=1S/C17H26N2O2/c1-13(2)21-16-7-5-4-6-15(16)10-17(20)19-9-8-14(12-19)11-18-3/h4-7,13-14,18H,8-12H2,1-3H3/t14-/m1/s1. The highest BCUT2D eigenvalue weighted by molar-refractivity contribution is 5.79. The van der Waals surface area contributed by atoms with E-state index in [1.165, 1.54) is 0 Å². The van der Waals surface area contributed by atoms with Crippen molar-refractivity contribution in [2.75, 3.05) is 26.7 Å². The number of nitrogens with zero attached hydrogens (tertiary/aromatic N) is 1. The van der Waals surface area contributed by atoms with Crippen molar-refractivity contribution in [3.63, 3.8) is 0 Å². The van der Waals surface area contributed by atoms with Gasteiger partial charge in [0.1, 0.15) is 5.75 Å². The largest absolute Gasteiger partial charge is 0.491 e. The van der Waals surface area contributed by atoms with Gasteiger partial charge >= 0.3 is 0 Å². The number of carbonyl (C=O) groups is 1. The van der Waals surface area contributed by atoms with Crippen LogP contribution >= 0.6 is 0 Å². The Morgan fingerprint density at radius 2 is 2.19 bits per heavy atom. The summed E-state index contributed by atoms with van der Waals surface area (Å²) in [6, 6.07) is 7.83. The molecule has 1 amide bonds. The molecule has 0 spiro atoms. The van der Waals surface area contributed by atoms with Crippen LogP contribution < -0.4 is 10.1 Å². The molecule has 4 heteroatoms. The smallest absolute Gasteiger partial charge is 0.227 e. The zero-order valence-electron chi connectivity index (χ0n) is 13.3. The Bertz CT molecular complexity index is 474. The summed E-state index contributed by atoms with van der Waals surface area (Å²) in [5.41, 5.74) is 0.980. The third-order valence-corrected chi connectivity index (χ3v) is 3.81. The summed E-state index contributed by atoms with van der Waals surface area (Å²) in [6.07, 6.45) is 1.64. The summed E-state index contributed by atoms with van der Waals surface area (Å²) in [5, 5.41) is 3.19. The number of likely N-dealkylation sites (tertiary alicyclic amines) is 1. The van der Waals surface area contributed by atoms with Gasteiger partial charge in [0.2, 0.25) is 5.91 Å². The van der Waals surface area contributed by atoms with E-state index in [9.17, 15) is 4.79 Å². The second kappa shape index (κ2) is 7.46. The molecule has 0 radical (unpaired) electrons. The number of carbonyl (C=O) groups excluding carboxylic acids is 1. The Hall–Kier alpha value is -1.55. The number of benzene rings is 1. The van der Waals surface area contributed by atoms with Crippen molar-refractivity contribution in [3.8, 4) is 5.75 Å². The van der Waals surface area contributed by atoms with E-state index in [-0.39, 0.29) is 12.0 Å². The normalized spacial score (nSPS) is 18.3. The highest BCUT2D eigenvalue weighted by atomic mass is 16.5. The summed E-state index contributed by atoms with van der Waals surface area (Å²) in [7, 11) is 1.96. The van der Waals surface area contributed by atoms with E-state index in [0.717, 1.165) is 37.4 Å². The van der Waals surface area contributed by atoms with Crippen molar-refractivity contribution in [2.45, 2.75) is 32.8 Å². The van der Waals surface area contributed by atoms with Gasteiger partial charge in [-0.2, -0.15) is 0 Å². The zero-order valence-corrected chi connectivity index (χ0v) is 13.3. The second-order valence-corrected chi connectivity index (χ2v) is 6.00. The lowest BCUT2D eigenvalue weighted by molar-refractivity contribution is -0.129. The van der Waals surface area contributed by atoms with E-state index < -0.39 is 0 Å². The minimum atomic E-state index is 0.119. The lowest BCUT2D eigenvalue weighted by atomic mass is 10.1. The van der Waals surface area contributed by atoms with Gasteiger partial charge in [0.05, 0.1) is 12.5 Å². The van der Waals surface area contributed by atoms with Crippen LogP contribution in [-0.2, 0) is 11.2 Å². The van der Waals surface area contributed by atoms with Crippen LogP contribution in [0, 0.1) is 5.92 Å². The monoisotopic (exact) mass is 290 g/mol. The van der Waals surface area contributed by atoms with Gasteiger partial charge in [-0.15, -0.1) is 0 Å². The molecule has 0 unspecified atom stereocenters. The minimum Gasteiger partial charge on any atom is -0.491 e. The topological polar surface area (TPSA) is 41.6 Å². The third-order valence-electron chi connectivity index (χ3n) is 3.81. The molecule has 0 aliphatic carbocycles. The van der Waals surface area contributed by atoms with Gasteiger partial charge in [-0.05, 0) is 45.8 Å². The number of amides is 1. The molecule has 1 aromatic carbocycles. The van der Waals surface area contributed by atoms with E-state index in [4.69, 9.17) is 4.74 Å². The molecule has 0 saturated carbocycles. The van der Waals surface area contributed by atoms with Crippen LogP contribution in [0.1, 0.15) is 25.8 Å². The van der Waals surface area contributed by atoms with Gasteiger partial charge < -0.3 is 15.0 Å². The first-order valence-corrected chi connectivity index (χ1v) is 7.77. The predicted octanol–water partition coefficient (Wildman–Crippen LogP) is 2.08. The van der Waals surface area contributed by atoms with Crippen molar-refractivity contribution in [2.24, 2.45) is 5.92 Å². The number of hydrogen-bond acceptors (Lipinski definition) is 3. The molecule has 0 aromatic heterocycles. The molecule has 1 aliphatic rings. The Balaban J connectivity index is 1.97. The molecular formula is C17H26N2O2. The van der Waals surface area contributed by atoms with Crippen molar-refractivity contribution < 1.29 is 9.53 Å². The number of para-hydroxylation sites is 1. The van der Waals surface area contributed by atoms with Gasteiger partial charge in [-0.25, -0.2) is 0 Å². The van der Waals surface area contributed by atoms with Crippen molar-refractivity contribution in [1.82, 2.24) is 10.2 Å². The van der Waals surface area contributed by atoms with Gasteiger partial charge in [0.25, 0.3) is 0 Å². The Morgan fingerprint density at radius 1 is 1.43 bits per heavy atom. The van der Waals surface area contributed by atoms with Crippen LogP contribution in [-0.4, -0.2) is 43.6 Å². The van der Waals surface area contributed by atoms with Gasteiger partial charge in [0.15, 0.2) is 0 Å². The Morgan fingerprint density at radius 3 is 2.90 bits per heavy atom. The summed E-state index contributed by atoms with van der Waals surface area (Å²) in [5.74, 6) is 1.61. The van der Waals surface area contributed by atoms with Crippen molar-refractivity contribution in [3.05, 3.63) is 29.8 Å². The van der Waals surface area contributed by atoms with Gasteiger partial charge in [0, 0.05) is 18.7 Å². The summed E-state index contributed by atoms with van der Waals surface area (Å²) in [6.45, 7) is 6.73. The number of ether oxygens (including phenoxy) is 1. The Labute approximate surface area is 127 Å². The molecule has 1 aliphatic heterocycles. The van der Waals surface area contributed by atoms with E-state index in [1.807, 2.05) is 50.1 Å². The fourth-order valence-corrected chi connectivity index (χ4v) is 2.81. The number of nitrogens with one attached hydrogen (secondary N) is 1. The second-order valence-electron chi connectivity index (χ2n) is 6.00. The molecule has 0 bridgehead atoms. The third kappa shape index (κ3) is 4.46. The summed E-state index contributed by atoms with van der Waals surface area (Å²) in [4.78, 5) is 14.4. The molecule has 1 heterocycles. The average molecular weight is 290 g/mol. The number of rotatable bonds is 6. The van der Waals surface area contributed by atoms with Gasteiger partial charge in [-0.3, -0.25) is 4.79 Å². The zero-order chi connectivity index (χ0) is 15.2. The Kier molecular flexibility index (Phi) is 5.62. The maximum Gasteiger partial charge on any atom is 0.227 e. The van der Waals surface area contributed by atoms with Crippen LogP contribution in [0.3, 0.4) is 0 Å². The fraction of sp³-hybridized carbons (Fsp3) is 0.588. The van der Waals surface area contributed by atoms with E-state index in [1.54, 1.807) is 0 Å². The molecule has 1 aromatic rings. The number of hydrogen-bond donors (Lipinski definition) is 1. The molecule has 21 heavy (non-hydrogen) atoms. The van der Waals surface area contributed by atoms with Crippen LogP contribution in [0.2, 0.25) is 0 Å². The lowest BCUT2D eigenvalue weighted by Gasteiger charge is -2.18. The first-order valence-electron chi connectivity index (χ1n) is 7.77. The van der Waals surface area contributed by atoms with Crippen LogP contribution in [0.25, 0.3) is 0 Å². The van der Waals surface area contributed by atoms with E-state index >= 15 is 0 Å². The maximum absolute atomic E-state index is 12.5. The quantitative estimate of drug-likeness (QED) is 0.872. The summed E-state index contributed by atoms with van der Waals surface area (Å²) >= 11 is 0. The molecular weight excluding hydrogens is 264 g/mol. The van der Waals surface area contributed by atoms with Crippen LogP contribution in [0.4, 0.5) is 0 Å².